The van der Waals surface area contributed by atoms with Crippen LogP contribution in [0.1, 0.15) is 12.8 Å². The van der Waals surface area contributed by atoms with E-state index >= 15 is 0 Å². The molecule has 2 rings (SSSR count). The highest BCUT2D eigenvalue weighted by Crippen LogP contribution is 2.30. The van der Waals surface area contributed by atoms with Gasteiger partial charge in [0.15, 0.2) is 9.84 Å². The number of nitrogens with one attached hydrogen (secondary N) is 1. The van der Waals surface area contributed by atoms with E-state index in [0.717, 1.165) is 0 Å². The molecule has 0 spiro atoms. The monoisotopic (exact) mass is 302 g/mol. The third kappa shape index (κ3) is 3.21. The fourth-order valence-electron chi connectivity index (χ4n) is 2.32. The first-order chi connectivity index (χ1) is 9.40. The van der Waals surface area contributed by atoms with Crippen molar-refractivity contribution in [1.29, 1.82) is 0 Å². The zero-order valence-corrected chi connectivity index (χ0v) is 12.2. The molecule has 1 aromatic carbocycles. The lowest BCUT2D eigenvalue weighted by atomic mass is 9.92. The second kappa shape index (κ2) is 5.57. The van der Waals surface area contributed by atoms with Crippen molar-refractivity contribution in [2.45, 2.75) is 18.4 Å². The highest BCUT2D eigenvalue weighted by Gasteiger charge is 2.36. The molecule has 7 heteroatoms. The Morgan fingerprint density at radius 3 is 2.60 bits per heavy atom. The minimum absolute atomic E-state index is 0.0722. The summed E-state index contributed by atoms with van der Waals surface area (Å²) in [5, 5.41) is 3.08. The minimum atomic E-state index is -2.99. The van der Waals surface area contributed by atoms with E-state index in [0.29, 0.717) is 18.6 Å². The Morgan fingerprint density at radius 2 is 2.05 bits per heavy atom. The number of sulfone groups is 1. The Bertz CT molecular complexity index is 575. The van der Waals surface area contributed by atoms with Gasteiger partial charge < -0.3 is 15.8 Å². The van der Waals surface area contributed by atoms with E-state index in [4.69, 9.17) is 10.5 Å². The van der Waals surface area contributed by atoms with Crippen molar-refractivity contribution in [3.05, 3.63) is 24.0 Å². The van der Waals surface area contributed by atoms with Crippen LogP contribution in [-0.2, 0) is 9.84 Å². The summed E-state index contributed by atoms with van der Waals surface area (Å²) in [7, 11) is -1.49. The lowest BCUT2D eigenvalue weighted by Crippen LogP contribution is -2.51. The topological polar surface area (TPSA) is 81.4 Å². The van der Waals surface area contributed by atoms with Crippen LogP contribution < -0.4 is 15.8 Å². The molecule has 1 aliphatic heterocycles. The normalized spacial score (nSPS) is 20.4. The summed E-state index contributed by atoms with van der Waals surface area (Å²) in [6, 6.07) is 4.39. The Labute approximate surface area is 118 Å². The highest BCUT2D eigenvalue weighted by molar-refractivity contribution is 7.91. The number of hydrogen-bond acceptors (Lipinski definition) is 5. The molecule has 20 heavy (non-hydrogen) atoms. The van der Waals surface area contributed by atoms with Gasteiger partial charge in [-0.15, -0.1) is 0 Å². The van der Waals surface area contributed by atoms with Crippen LogP contribution in [-0.4, -0.2) is 39.1 Å². The Hall–Kier alpha value is -1.34. The standard InChI is InChI=1S/C13H19FN2O3S/c1-19-10-2-3-11(14)12(8-10)16-13(9-15)4-6-20(17,18)7-5-13/h2-3,8,16H,4-7,9,15H2,1H3. The second-order valence-corrected chi connectivity index (χ2v) is 7.41. The average Bonchev–Trinajstić information content (AvgIpc) is 2.44. The number of anilines is 1. The van der Waals surface area contributed by atoms with E-state index < -0.39 is 21.2 Å². The van der Waals surface area contributed by atoms with Gasteiger partial charge in [-0.3, -0.25) is 0 Å². The smallest absolute Gasteiger partial charge is 0.150 e. The first-order valence-electron chi connectivity index (χ1n) is 6.42. The van der Waals surface area contributed by atoms with Gasteiger partial charge >= 0.3 is 0 Å². The molecule has 0 saturated carbocycles. The van der Waals surface area contributed by atoms with Crippen LogP contribution in [0.4, 0.5) is 10.1 Å². The molecule has 0 atom stereocenters. The van der Waals surface area contributed by atoms with Crippen molar-refractivity contribution in [1.82, 2.24) is 0 Å². The molecule has 112 valence electrons. The molecule has 1 heterocycles. The molecule has 5 nitrogen and oxygen atoms in total. The zero-order valence-electron chi connectivity index (χ0n) is 11.4. The lowest BCUT2D eigenvalue weighted by molar-refractivity contribution is 0.410. The predicted octanol–water partition coefficient (Wildman–Crippen LogP) is 1.15. The van der Waals surface area contributed by atoms with Gasteiger partial charge in [-0.1, -0.05) is 0 Å². The predicted molar refractivity (Wildman–Crippen MR) is 76.2 cm³/mol. The summed E-state index contributed by atoms with van der Waals surface area (Å²) in [4.78, 5) is 0. The summed E-state index contributed by atoms with van der Waals surface area (Å²) in [5.74, 6) is 0.266. The van der Waals surface area contributed by atoms with Crippen LogP contribution in [0, 0.1) is 5.82 Å². The van der Waals surface area contributed by atoms with Crippen LogP contribution in [0.15, 0.2) is 18.2 Å². The Balaban J connectivity index is 2.22. The van der Waals surface area contributed by atoms with E-state index in [2.05, 4.69) is 5.32 Å². The van der Waals surface area contributed by atoms with E-state index in [1.165, 1.54) is 19.2 Å². The van der Waals surface area contributed by atoms with Crippen LogP contribution in [0.25, 0.3) is 0 Å². The van der Waals surface area contributed by atoms with Gasteiger partial charge in [0.05, 0.1) is 29.8 Å². The summed E-state index contributed by atoms with van der Waals surface area (Å²) in [6.07, 6.45) is 0.755. The molecule has 1 fully saturated rings. The van der Waals surface area contributed by atoms with Crippen molar-refractivity contribution in [2.24, 2.45) is 5.73 Å². The third-order valence-corrected chi connectivity index (χ3v) is 5.40. The van der Waals surface area contributed by atoms with Gasteiger partial charge in [0.1, 0.15) is 11.6 Å². The lowest BCUT2D eigenvalue weighted by Gasteiger charge is -2.37. The summed E-state index contributed by atoms with van der Waals surface area (Å²) >= 11 is 0. The average molecular weight is 302 g/mol. The van der Waals surface area contributed by atoms with Crippen LogP contribution in [0.3, 0.4) is 0 Å². The number of rotatable bonds is 4. The van der Waals surface area contributed by atoms with E-state index in [1.807, 2.05) is 0 Å². The van der Waals surface area contributed by atoms with Crippen molar-refractivity contribution in [3.63, 3.8) is 0 Å². The van der Waals surface area contributed by atoms with Gasteiger partial charge in [-0.25, -0.2) is 12.8 Å². The maximum absolute atomic E-state index is 13.8. The van der Waals surface area contributed by atoms with Gasteiger partial charge in [0.25, 0.3) is 0 Å². The number of halogens is 1. The van der Waals surface area contributed by atoms with E-state index in [1.54, 1.807) is 6.07 Å². The van der Waals surface area contributed by atoms with E-state index in [-0.39, 0.29) is 23.7 Å². The summed E-state index contributed by atoms with van der Waals surface area (Å²) < 4.78 is 41.9. The minimum Gasteiger partial charge on any atom is -0.497 e. The van der Waals surface area contributed by atoms with E-state index in [9.17, 15) is 12.8 Å². The Morgan fingerprint density at radius 1 is 1.40 bits per heavy atom. The zero-order chi connectivity index (χ0) is 14.8. The molecule has 1 saturated heterocycles. The maximum Gasteiger partial charge on any atom is 0.150 e. The second-order valence-electron chi connectivity index (χ2n) is 5.11. The van der Waals surface area contributed by atoms with Crippen LogP contribution in [0.2, 0.25) is 0 Å². The number of nitrogens with two attached hydrogens (primary N) is 1. The molecule has 0 bridgehead atoms. The van der Waals surface area contributed by atoms with Crippen molar-refractivity contribution in [2.75, 3.05) is 30.5 Å². The quantitative estimate of drug-likeness (QED) is 0.872. The van der Waals surface area contributed by atoms with Crippen molar-refractivity contribution >= 4 is 15.5 Å². The first-order valence-corrected chi connectivity index (χ1v) is 8.24. The fraction of sp³-hybridized carbons (Fsp3) is 0.538. The van der Waals surface area contributed by atoms with Crippen molar-refractivity contribution in [3.8, 4) is 5.75 Å². The largest absolute Gasteiger partial charge is 0.497 e. The van der Waals surface area contributed by atoms with Gasteiger partial charge in [0, 0.05) is 12.6 Å². The first kappa shape index (κ1) is 15.1. The van der Waals surface area contributed by atoms with Gasteiger partial charge in [-0.2, -0.15) is 0 Å². The number of methoxy groups -OCH3 is 1. The highest BCUT2D eigenvalue weighted by atomic mass is 32.2. The van der Waals surface area contributed by atoms with Crippen LogP contribution in [0.5, 0.6) is 5.75 Å². The molecule has 0 radical (unpaired) electrons. The maximum atomic E-state index is 13.8. The third-order valence-electron chi connectivity index (χ3n) is 3.75. The molecule has 0 aliphatic carbocycles. The molecular weight excluding hydrogens is 283 g/mol. The number of hydrogen-bond donors (Lipinski definition) is 2. The number of ether oxygens (including phenoxy) is 1. The van der Waals surface area contributed by atoms with Crippen molar-refractivity contribution < 1.29 is 17.5 Å². The molecular formula is C13H19FN2O3S. The molecule has 1 aromatic rings. The Kier molecular flexibility index (Phi) is 4.19. The molecule has 1 aliphatic rings. The number of benzene rings is 1. The van der Waals surface area contributed by atoms with Gasteiger partial charge in [-0.05, 0) is 25.0 Å². The summed E-state index contributed by atoms with van der Waals surface area (Å²) in [5.41, 5.74) is 5.49. The summed E-state index contributed by atoms with van der Waals surface area (Å²) in [6.45, 7) is 0.249. The molecule has 0 aromatic heterocycles. The molecule has 0 unspecified atom stereocenters. The van der Waals surface area contributed by atoms with Crippen LogP contribution >= 0.6 is 0 Å². The molecule has 3 N–H and O–H groups in total. The SMILES string of the molecule is COc1ccc(F)c(NC2(CN)CCS(=O)(=O)CC2)c1. The fourth-order valence-corrected chi connectivity index (χ4v) is 3.93. The molecule has 0 amide bonds. The van der Waals surface area contributed by atoms with Gasteiger partial charge in [0.2, 0.25) is 0 Å².